The Kier molecular flexibility index (Phi) is 6.95. The van der Waals surface area contributed by atoms with Crippen LogP contribution >= 0.6 is 0 Å². The van der Waals surface area contributed by atoms with Crippen molar-refractivity contribution in [3.8, 4) is 22.3 Å². The molecule has 4 aromatic carbocycles. The van der Waals surface area contributed by atoms with Crippen LogP contribution in [-0.4, -0.2) is 6.94 Å². The Bertz CT molecular complexity index is 1810. The van der Waals surface area contributed by atoms with Gasteiger partial charge in [-0.2, -0.15) is 0 Å². The van der Waals surface area contributed by atoms with Gasteiger partial charge in [-0.05, 0) is 0 Å². The van der Waals surface area contributed by atoms with Crippen molar-refractivity contribution in [3.63, 3.8) is 0 Å². The third-order valence-electron chi connectivity index (χ3n) is 12.2. The maximum absolute atomic E-state index is 4.87. The zero-order valence-electron chi connectivity index (χ0n) is 28.3. The predicted octanol–water partition coefficient (Wildman–Crippen LogP) is 12.4. The molecule has 0 heterocycles. The fourth-order valence-corrected chi connectivity index (χ4v) is 51.1. The Morgan fingerprint density at radius 3 is 1.32 bits per heavy atom. The molecule has 0 fully saturated rings. The van der Waals surface area contributed by atoms with Crippen LogP contribution in [0.4, 0.5) is 0 Å². The number of allylic oxidation sites excluding steroid dienone is 2. The first-order chi connectivity index (χ1) is 20.6. The van der Waals surface area contributed by atoms with E-state index in [9.17, 15) is 0 Å². The zero-order valence-corrected chi connectivity index (χ0v) is 33.3. The summed E-state index contributed by atoms with van der Waals surface area (Å²) in [6, 6.07) is 32.8. The molecule has 0 bridgehead atoms. The van der Waals surface area contributed by atoms with Crippen molar-refractivity contribution in [1.82, 2.24) is 0 Å². The van der Waals surface area contributed by atoms with E-state index in [4.69, 9.17) is 0 Å². The van der Waals surface area contributed by atoms with Gasteiger partial charge in [0.15, 0.2) is 0 Å². The van der Waals surface area contributed by atoms with Crippen LogP contribution in [0.15, 0.2) is 97.1 Å². The third-order valence-corrected chi connectivity index (χ3v) is 58.8. The molecular weight excluding hydrogens is 711 g/mol. The van der Waals surface area contributed by atoms with Gasteiger partial charge in [0.2, 0.25) is 0 Å². The molecular formula is C42H52HfSi. The Labute approximate surface area is 262 Å². The first-order valence-corrected chi connectivity index (χ1v) is 42.8. The van der Waals surface area contributed by atoms with Gasteiger partial charge in [-0.3, -0.25) is 0 Å². The van der Waals surface area contributed by atoms with Gasteiger partial charge in [-0.1, -0.05) is 0 Å². The molecule has 44 heavy (non-hydrogen) atoms. The number of benzene rings is 4. The third kappa shape index (κ3) is 4.78. The van der Waals surface area contributed by atoms with Crippen molar-refractivity contribution in [1.29, 1.82) is 0 Å². The molecule has 0 saturated carbocycles. The normalized spacial score (nSPS) is 19.8. The average Bonchev–Trinajstić information content (AvgIpc) is 3.64. The maximum atomic E-state index is 2.81. The summed E-state index contributed by atoms with van der Waals surface area (Å²) in [4.78, 5) is 0. The van der Waals surface area contributed by atoms with Crippen LogP contribution in [0.25, 0.3) is 34.4 Å². The summed E-state index contributed by atoms with van der Waals surface area (Å²) in [7, 11) is 0. The van der Waals surface area contributed by atoms with E-state index in [-0.39, 0.29) is 0 Å². The summed E-state index contributed by atoms with van der Waals surface area (Å²) in [5.74, 6) is 1.09. The monoisotopic (exact) mass is 764 g/mol. The van der Waals surface area contributed by atoms with Gasteiger partial charge in [0.1, 0.15) is 0 Å². The van der Waals surface area contributed by atoms with Crippen LogP contribution in [0.5, 0.6) is 0 Å². The van der Waals surface area contributed by atoms with Crippen LogP contribution in [0, 0.1) is 0 Å². The van der Waals surface area contributed by atoms with Crippen LogP contribution in [-0.2, 0) is 14.2 Å². The van der Waals surface area contributed by atoms with Gasteiger partial charge < -0.3 is 0 Å². The van der Waals surface area contributed by atoms with Crippen molar-refractivity contribution >= 4 is 19.1 Å². The molecule has 2 aliphatic carbocycles. The van der Waals surface area contributed by atoms with Gasteiger partial charge in [-0.15, -0.1) is 0 Å². The molecule has 2 heteroatoms. The van der Waals surface area contributed by atoms with Crippen LogP contribution < -0.4 is 0 Å². The second-order valence-electron chi connectivity index (χ2n) is 18.2. The van der Waals surface area contributed by atoms with Crippen LogP contribution in [0.2, 0.25) is 18.2 Å². The standard InChI is InChI=1S/2C18H17.C3H7.3CH3.Hf.H2Si/c2*1-13(2)14-9-11-16(12-10-14)18-8-4-6-15-5-3-7-17(15)18;1-3-2;;;;;/h2*3-13H,1-2H3;1,3H2,2H3;3*1H3;;1H2. The van der Waals surface area contributed by atoms with Crippen molar-refractivity contribution in [2.24, 2.45) is 0 Å². The van der Waals surface area contributed by atoms with E-state index in [1.54, 1.807) is 11.1 Å². The van der Waals surface area contributed by atoms with Crippen molar-refractivity contribution in [2.45, 2.75) is 78.4 Å². The van der Waals surface area contributed by atoms with Crippen LogP contribution in [0.3, 0.4) is 0 Å². The Morgan fingerprint density at radius 1 is 0.591 bits per heavy atom. The molecule has 0 saturated heterocycles. The SMILES string of the molecule is CC[CH2][Hf]([CH3])([CH3])([CH3])(=[SiH2])([CH]1C=Cc2c(-c3ccc(C(C)C)cc3)cccc21)[CH]1C=Cc2c(-c3ccc(C(C)C)cc3)cccc21. The van der Waals surface area contributed by atoms with Crippen molar-refractivity contribution in [2.75, 3.05) is 0 Å². The van der Waals surface area contributed by atoms with Gasteiger partial charge >= 0.3 is 264 Å². The van der Waals surface area contributed by atoms with E-state index in [1.807, 2.05) is 0 Å². The predicted molar refractivity (Wildman–Crippen MR) is 197 cm³/mol. The van der Waals surface area contributed by atoms with Gasteiger partial charge in [-0.25, -0.2) is 0 Å². The van der Waals surface area contributed by atoms with E-state index in [2.05, 4.69) is 165 Å². The van der Waals surface area contributed by atoms with Crippen molar-refractivity contribution < 1.29 is 14.2 Å². The summed E-state index contributed by atoms with van der Waals surface area (Å²) in [6.45, 7) is 14.0. The van der Waals surface area contributed by atoms with E-state index in [0.29, 0.717) is 19.2 Å². The summed E-state index contributed by atoms with van der Waals surface area (Å²) in [5, 5.41) is 0. The van der Waals surface area contributed by atoms with Gasteiger partial charge in [0.25, 0.3) is 0 Å². The topological polar surface area (TPSA) is 0 Å². The summed E-state index contributed by atoms with van der Waals surface area (Å²) in [6.07, 6.45) is 11.4. The molecule has 228 valence electrons. The number of fused-ring (bicyclic) bond motifs is 2. The fraction of sp³-hybridized carbons (Fsp3) is 0.333. The molecule has 2 aliphatic rings. The molecule has 0 aliphatic heterocycles. The summed E-state index contributed by atoms with van der Waals surface area (Å²) >= 11 is -4.87. The first-order valence-electron chi connectivity index (χ1n) is 17.0. The Morgan fingerprint density at radius 2 is 0.977 bits per heavy atom. The Balaban J connectivity index is 1.50. The molecule has 0 radical (unpaired) electrons. The minimum absolute atomic E-state index is 0.428. The molecule has 0 nitrogen and oxygen atoms in total. The number of hydrogen-bond donors (Lipinski definition) is 0. The molecule has 0 amide bonds. The second-order valence-corrected chi connectivity index (χ2v) is 99.9. The molecule has 6 rings (SSSR count). The van der Waals surface area contributed by atoms with Gasteiger partial charge in [0, 0.05) is 0 Å². The molecule has 4 aromatic rings. The molecule has 0 spiro atoms. The fourth-order valence-electron chi connectivity index (χ4n) is 9.50. The van der Waals surface area contributed by atoms with E-state index >= 15 is 0 Å². The average molecular weight is 763 g/mol. The summed E-state index contributed by atoms with van der Waals surface area (Å²) in [5.41, 5.74) is 14.1. The van der Waals surface area contributed by atoms with Crippen LogP contribution in [0.1, 0.15) is 93.6 Å². The first kappa shape index (κ1) is 31.4. The second kappa shape index (κ2) is 9.73. The minimum atomic E-state index is -4.87. The number of rotatable bonds is 8. The van der Waals surface area contributed by atoms with Gasteiger partial charge in [0.05, 0.1) is 0 Å². The Hall–Kier alpha value is -2.55. The molecule has 0 aromatic heterocycles. The van der Waals surface area contributed by atoms with E-state index < -0.39 is 14.2 Å². The summed E-state index contributed by atoms with van der Waals surface area (Å²) < 4.78 is 10.6. The number of hydrogen-bond acceptors (Lipinski definition) is 0. The molecule has 2 atom stereocenters. The molecule has 2 unspecified atom stereocenters. The van der Waals surface area contributed by atoms with Crippen molar-refractivity contribution in [3.05, 3.63) is 130 Å². The van der Waals surface area contributed by atoms with E-state index in [0.717, 1.165) is 0 Å². The molecule has 0 N–H and O–H groups in total. The van der Waals surface area contributed by atoms with E-state index in [1.165, 1.54) is 55.1 Å². The zero-order chi connectivity index (χ0) is 31.6. The quantitative estimate of drug-likeness (QED) is 0.157.